The lowest BCUT2D eigenvalue weighted by Crippen LogP contribution is -2.52. The van der Waals surface area contributed by atoms with Crippen molar-refractivity contribution in [3.8, 4) is 0 Å². The van der Waals surface area contributed by atoms with E-state index in [0.717, 1.165) is 43.9 Å². The van der Waals surface area contributed by atoms with Crippen LogP contribution in [0.4, 0.5) is 0 Å². The van der Waals surface area contributed by atoms with Gasteiger partial charge < -0.3 is 15.0 Å². The molecular formula is C16H28N2O3S2. The number of hydrogen-bond acceptors (Lipinski definition) is 4. The number of nitrogens with zero attached hydrogens (tertiary/aromatic N) is 1. The van der Waals surface area contributed by atoms with Crippen LogP contribution in [0.15, 0.2) is 0 Å². The smallest absolute Gasteiger partial charge is 0.169 e. The van der Waals surface area contributed by atoms with E-state index in [9.17, 15) is 8.42 Å². The maximum Gasteiger partial charge on any atom is 0.169 e. The first kappa shape index (κ1) is 17.4. The fraction of sp³-hybridized carbons (Fsp3) is 0.938. The molecule has 3 fully saturated rings. The molecule has 7 heteroatoms. The third kappa shape index (κ3) is 4.79. The molecule has 2 atom stereocenters. The second kappa shape index (κ2) is 7.66. The third-order valence-corrected chi connectivity index (χ3v) is 7.37. The zero-order chi connectivity index (χ0) is 16.3. The summed E-state index contributed by atoms with van der Waals surface area (Å²) in [5.41, 5.74) is 0. The summed E-state index contributed by atoms with van der Waals surface area (Å²) in [5, 5.41) is 4.24. The van der Waals surface area contributed by atoms with Crippen LogP contribution in [0.5, 0.6) is 0 Å². The molecule has 0 aromatic carbocycles. The SMILES string of the molecule is O=S1(=O)CC[C@H](N(C[C@H]2CCCO2)C(=S)NC2CCCCC2)C1. The van der Waals surface area contributed by atoms with E-state index in [0.29, 0.717) is 12.5 Å². The van der Waals surface area contributed by atoms with E-state index in [-0.39, 0.29) is 23.7 Å². The second-order valence-corrected chi connectivity index (χ2v) is 9.74. The van der Waals surface area contributed by atoms with E-state index in [2.05, 4.69) is 10.2 Å². The van der Waals surface area contributed by atoms with Crippen molar-refractivity contribution in [1.29, 1.82) is 0 Å². The molecule has 0 aromatic heterocycles. The third-order valence-electron chi connectivity index (χ3n) is 5.27. The van der Waals surface area contributed by atoms with Gasteiger partial charge in [0.15, 0.2) is 14.9 Å². The molecule has 0 bridgehead atoms. The van der Waals surface area contributed by atoms with Crippen molar-refractivity contribution in [3.63, 3.8) is 0 Å². The highest BCUT2D eigenvalue weighted by Crippen LogP contribution is 2.23. The Labute approximate surface area is 145 Å². The van der Waals surface area contributed by atoms with E-state index in [4.69, 9.17) is 17.0 Å². The van der Waals surface area contributed by atoms with Crippen molar-refractivity contribution < 1.29 is 13.2 Å². The van der Waals surface area contributed by atoms with Crippen molar-refractivity contribution in [2.75, 3.05) is 24.7 Å². The molecule has 1 N–H and O–H groups in total. The fourth-order valence-electron chi connectivity index (χ4n) is 3.93. The Bertz CT molecular complexity index is 511. The minimum atomic E-state index is -2.91. The van der Waals surface area contributed by atoms with E-state index in [1.165, 1.54) is 19.3 Å². The fourth-order valence-corrected chi connectivity index (χ4v) is 6.05. The largest absolute Gasteiger partial charge is 0.376 e. The molecule has 0 spiro atoms. The lowest BCUT2D eigenvalue weighted by atomic mass is 9.96. The molecular weight excluding hydrogens is 332 g/mol. The van der Waals surface area contributed by atoms with Gasteiger partial charge >= 0.3 is 0 Å². The van der Waals surface area contributed by atoms with Crippen molar-refractivity contribution in [1.82, 2.24) is 10.2 Å². The maximum atomic E-state index is 11.9. The summed E-state index contributed by atoms with van der Waals surface area (Å²) >= 11 is 5.67. The summed E-state index contributed by atoms with van der Waals surface area (Å²) in [4.78, 5) is 2.12. The molecule has 2 heterocycles. The average molecular weight is 361 g/mol. The second-order valence-electron chi connectivity index (χ2n) is 7.13. The summed E-state index contributed by atoms with van der Waals surface area (Å²) in [7, 11) is -2.91. The summed E-state index contributed by atoms with van der Waals surface area (Å²) in [6, 6.07) is 0.453. The van der Waals surface area contributed by atoms with Crippen LogP contribution < -0.4 is 5.32 Å². The van der Waals surface area contributed by atoms with Gasteiger partial charge in [-0.05, 0) is 44.3 Å². The van der Waals surface area contributed by atoms with Crippen LogP contribution in [0, 0.1) is 0 Å². The van der Waals surface area contributed by atoms with E-state index in [1.807, 2.05) is 0 Å². The predicted octanol–water partition coefficient (Wildman–Crippen LogP) is 1.86. The standard InChI is InChI=1S/C16H28N2O3S2/c19-23(20)10-8-14(12-23)18(11-15-7-4-9-21-15)16(22)17-13-5-2-1-3-6-13/h13-15H,1-12H2,(H,17,22)/t14-,15+/m0/s1. The van der Waals surface area contributed by atoms with Gasteiger partial charge in [-0.25, -0.2) is 8.42 Å². The molecule has 2 aliphatic heterocycles. The number of nitrogens with one attached hydrogen (secondary N) is 1. The van der Waals surface area contributed by atoms with Gasteiger partial charge in [-0.15, -0.1) is 0 Å². The number of ether oxygens (including phenoxy) is 1. The molecule has 2 saturated heterocycles. The monoisotopic (exact) mass is 360 g/mol. The van der Waals surface area contributed by atoms with Crippen molar-refractivity contribution in [2.24, 2.45) is 0 Å². The molecule has 0 unspecified atom stereocenters. The van der Waals surface area contributed by atoms with Crippen LogP contribution in [0.3, 0.4) is 0 Å². The Balaban J connectivity index is 1.64. The van der Waals surface area contributed by atoms with Crippen LogP contribution in [-0.2, 0) is 14.6 Å². The average Bonchev–Trinajstić information content (AvgIpc) is 3.15. The summed E-state index contributed by atoms with van der Waals surface area (Å²) in [6.45, 7) is 1.53. The van der Waals surface area contributed by atoms with Crippen LogP contribution in [0.1, 0.15) is 51.4 Å². The molecule has 0 radical (unpaired) electrons. The number of sulfone groups is 1. The quantitative estimate of drug-likeness (QED) is 0.773. The maximum absolute atomic E-state index is 11.9. The molecule has 3 rings (SSSR count). The molecule has 1 aliphatic carbocycles. The Morgan fingerprint density at radius 3 is 2.52 bits per heavy atom. The summed E-state index contributed by atoms with van der Waals surface area (Å²) < 4.78 is 29.5. The summed E-state index contributed by atoms with van der Waals surface area (Å²) in [5.74, 6) is 0.512. The van der Waals surface area contributed by atoms with Crippen LogP contribution in [-0.4, -0.2) is 61.3 Å². The van der Waals surface area contributed by atoms with Gasteiger partial charge in [0.05, 0.1) is 17.6 Å². The number of thiocarbonyl (C=S) groups is 1. The van der Waals surface area contributed by atoms with Crippen LogP contribution >= 0.6 is 12.2 Å². The number of rotatable bonds is 4. The zero-order valence-electron chi connectivity index (χ0n) is 13.7. The molecule has 132 valence electrons. The van der Waals surface area contributed by atoms with Gasteiger partial charge in [-0.3, -0.25) is 0 Å². The molecule has 0 aromatic rings. The van der Waals surface area contributed by atoms with Gasteiger partial charge in [0.25, 0.3) is 0 Å². The highest BCUT2D eigenvalue weighted by atomic mass is 32.2. The molecule has 23 heavy (non-hydrogen) atoms. The van der Waals surface area contributed by atoms with Gasteiger partial charge in [-0.2, -0.15) is 0 Å². The Morgan fingerprint density at radius 2 is 1.91 bits per heavy atom. The first-order valence-electron chi connectivity index (χ1n) is 8.93. The predicted molar refractivity (Wildman–Crippen MR) is 95.3 cm³/mol. The van der Waals surface area contributed by atoms with Gasteiger partial charge in [-0.1, -0.05) is 19.3 Å². The Kier molecular flexibility index (Phi) is 5.80. The van der Waals surface area contributed by atoms with Crippen molar-refractivity contribution >= 4 is 27.2 Å². The zero-order valence-corrected chi connectivity index (χ0v) is 15.3. The minimum absolute atomic E-state index is 0.00721. The van der Waals surface area contributed by atoms with Crippen LogP contribution in [0.2, 0.25) is 0 Å². The highest BCUT2D eigenvalue weighted by Gasteiger charge is 2.35. The molecule has 5 nitrogen and oxygen atoms in total. The van der Waals surface area contributed by atoms with Gasteiger partial charge in [0.2, 0.25) is 0 Å². The highest BCUT2D eigenvalue weighted by molar-refractivity contribution is 7.91. The lowest BCUT2D eigenvalue weighted by molar-refractivity contribution is 0.0838. The van der Waals surface area contributed by atoms with Crippen molar-refractivity contribution in [2.45, 2.75) is 69.6 Å². The first-order valence-corrected chi connectivity index (χ1v) is 11.2. The normalized spacial score (nSPS) is 31.1. The van der Waals surface area contributed by atoms with E-state index >= 15 is 0 Å². The van der Waals surface area contributed by atoms with Gasteiger partial charge in [0.1, 0.15) is 0 Å². The van der Waals surface area contributed by atoms with E-state index in [1.54, 1.807) is 0 Å². The topological polar surface area (TPSA) is 58.6 Å². The summed E-state index contributed by atoms with van der Waals surface area (Å²) in [6.07, 6.45) is 9.14. The Morgan fingerprint density at radius 1 is 1.13 bits per heavy atom. The molecule has 1 saturated carbocycles. The molecule has 0 amide bonds. The first-order chi connectivity index (χ1) is 11.0. The van der Waals surface area contributed by atoms with Crippen molar-refractivity contribution in [3.05, 3.63) is 0 Å². The minimum Gasteiger partial charge on any atom is -0.376 e. The Hall–Kier alpha value is -0.400. The molecule has 3 aliphatic rings. The number of hydrogen-bond donors (Lipinski definition) is 1. The van der Waals surface area contributed by atoms with Crippen LogP contribution in [0.25, 0.3) is 0 Å². The lowest BCUT2D eigenvalue weighted by Gasteiger charge is -2.35. The van der Waals surface area contributed by atoms with Gasteiger partial charge in [0, 0.05) is 25.2 Å². The van der Waals surface area contributed by atoms with E-state index < -0.39 is 9.84 Å².